The van der Waals surface area contributed by atoms with Crippen LogP contribution in [0.15, 0.2) is 6.07 Å². The van der Waals surface area contributed by atoms with Crippen LogP contribution in [0.25, 0.3) is 0 Å². The van der Waals surface area contributed by atoms with Crippen molar-refractivity contribution in [2.45, 2.75) is 45.2 Å². The highest BCUT2D eigenvalue weighted by atomic mass is 16.6. The summed E-state index contributed by atoms with van der Waals surface area (Å²) in [7, 11) is 5.54. The zero-order valence-corrected chi connectivity index (χ0v) is 17.1. The van der Waals surface area contributed by atoms with E-state index in [1.165, 1.54) is 0 Å². The summed E-state index contributed by atoms with van der Waals surface area (Å²) in [6.45, 7) is 7.81. The minimum atomic E-state index is -0.0605. The van der Waals surface area contributed by atoms with Crippen LogP contribution in [0.3, 0.4) is 0 Å². The number of carbonyl (C=O) groups excluding carboxylic acids is 1. The minimum absolute atomic E-state index is 0.0377. The van der Waals surface area contributed by atoms with E-state index in [-0.39, 0.29) is 30.1 Å². The molecule has 2 aliphatic rings. The molecule has 3 unspecified atom stereocenters. The van der Waals surface area contributed by atoms with Gasteiger partial charge in [0.2, 0.25) is 5.91 Å². The molecule has 0 N–H and O–H groups in total. The molecule has 3 rings (SSSR count). The predicted octanol–water partition coefficient (Wildman–Crippen LogP) is 0.530. The van der Waals surface area contributed by atoms with E-state index >= 15 is 0 Å². The Balaban J connectivity index is 1.72. The van der Waals surface area contributed by atoms with E-state index in [0.717, 1.165) is 31.0 Å². The van der Waals surface area contributed by atoms with Crippen LogP contribution >= 0.6 is 0 Å². The third-order valence-corrected chi connectivity index (χ3v) is 5.77. The smallest absolute Gasteiger partial charge is 0.219 e. The second-order valence-electron chi connectivity index (χ2n) is 7.66. The Morgan fingerprint density at radius 2 is 2.15 bits per heavy atom. The Morgan fingerprint density at radius 1 is 1.37 bits per heavy atom. The Labute approximate surface area is 161 Å². The second-order valence-corrected chi connectivity index (χ2v) is 7.66. The van der Waals surface area contributed by atoms with Crippen molar-refractivity contribution < 1.29 is 19.0 Å². The number of hydrogen-bond donors (Lipinski definition) is 0. The zero-order valence-electron chi connectivity index (χ0n) is 17.1. The van der Waals surface area contributed by atoms with Gasteiger partial charge in [0.15, 0.2) is 0 Å². The fourth-order valence-corrected chi connectivity index (χ4v) is 4.29. The van der Waals surface area contributed by atoms with E-state index < -0.39 is 0 Å². The zero-order chi connectivity index (χ0) is 19.6. The molecule has 8 heteroatoms. The number of likely N-dealkylation sites (N-methyl/N-ethyl adjacent to an activating group) is 1. The van der Waals surface area contributed by atoms with Crippen molar-refractivity contribution in [1.29, 1.82) is 0 Å². The molecule has 0 radical (unpaired) electrons. The maximum Gasteiger partial charge on any atom is 0.219 e. The van der Waals surface area contributed by atoms with Gasteiger partial charge in [0.25, 0.3) is 0 Å². The quantitative estimate of drug-likeness (QED) is 0.717. The van der Waals surface area contributed by atoms with Crippen LogP contribution in [0.4, 0.5) is 0 Å². The van der Waals surface area contributed by atoms with Gasteiger partial charge in [-0.15, -0.1) is 0 Å². The molecule has 1 amide bonds. The first kappa shape index (κ1) is 20.3. The van der Waals surface area contributed by atoms with Gasteiger partial charge in [0.05, 0.1) is 36.7 Å². The second kappa shape index (κ2) is 8.68. The molecule has 27 heavy (non-hydrogen) atoms. The van der Waals surface area contributed by atoms with Crippen LogP contribution in [0.5, 0.6) is 0 Å². The lowest BCUT2D eigenvalue weighted by molar-refractivity contribution is -0.134. The van der Waals surface area contributed by atoms with Gasteiger partial charge in [-0.2, -0.15) is 5.10 Å². The number of nitrogens with zero attached hydrogens (tertiary/aromatic N) is 4. The van der Waals surface area contributed by atoms with Gasteiger partial charge in [-0.3, -0.25) is 14.4 Å². The highest BCUT2D eigenvalue weighted by Gasteiger charge is 2.45. The molecule has 0 aromatic carbocycles. The monoisotopic (exact) mass is 380 g/mol. The van der Waals surface area contributed by atoms with Gasteiger partial charge in [-0.1, -0.05) is 0 Å². The van der Waals surface area contributed by atoms with E-state index in [2.05, 4.69) is 23.1 Å². The Kier molecular flexibility index (Phi) is 6.52. The number of rotatable bonds is 6. The van der Waals surface area contributed by atoms with Crippen LogP contribution in [-0.4, -0.2) is 91.2 Å². The summed E-state index contributed by atoms with van der Waals surface area (Å²) in [5.41, 5.74) is 2.04. The summed E-state index contributed by atoms with van der Waals surface area (Å²) < 4.78 is 19.4. The first-order valence-electron chi connectivity index (χ1n) is 9.57. The standard InChI is InChI=1S/C19H32N4O4/c1-13-8-16(12-25-4)23(20-13)9-15-11-27-19(18(15)26-5)17-10-22(14(2)24)7-6-21(17)3/h8,15,17-19H,6-7,9-12H2,1-5H3/t15?,17?,18-,19?/m0/s1. The SMILES string of the molecule is COCc1cc(C)nn1CC1COC(C2CN(C(C)=O)CCN2C)[C@H]1OC. The highest BCUT2D eigenvalue weighted by molar-refractivity contribution is 5.73. The first-order chi connectivity index (χ1) is 12.9. The third-order valence-electron chi connectivity index (χ3n) is 5.77. The molecule has 2 fully saturated rings. The Hall–Kier alpha value is -1.48. The maximum atomic E-state index is 11.8. The van der Waals surface area contributed by atoms with Gasteiger partial charge >= 0.3 is 0 Å². The van der Waals surface area contributed by atoms with E-state index in [1.807, 2.05) is 16.5 Å². The Morgan fingerprint density at radius 3 is 2.81 bits per heavy atom. The van der Waals surface area contributed by atoms with Gasteiger partial charge in [0.1, 0.15) is 6.10 Å². The lowest BCUT2D eigenvalue weighted by Gasteiger charge is -2.42. The Bertz CT molecular complexity index is 650. The van der Waals surface area contributed by atoms with E-state index in [0.29, 0.717) is 19.8 Å². The molecule has 2 saturated heterocycles. The van der Waals surface area contributed by atoms with Gasteiger partial charge in [-0.25, -0.2) is 0 Å². The molecule has 1 aromatic rings. The minimum Gasteiger partial charge on any atom is -0.378 e. The molecule has 1 aromatic heterocycles. The van der Waals surface area contributed by atoms with Gasteiger partial charge < -0.3 is 19.1 Å². The fourth-order valence-electron chi connectivity index (χ4n) is 4.29. The van der Waals surface area contributed by atoms with E-state index in [1.54, 1.807) is 21.1 Å². The fraction of sp³-hybridized carbons (Fsp3) is 0.789. The van der Waals surface area contributed by atoms with Crippen molar-refractivity contribution in [3.8, 4) is 0 Å². The summed E-state index contributed by atoms with van der Waals surface area (Å²) >= 11 is 0. The molecule has 152 valence electrons. The van der Waals surface area contributed by atoms with Crippen molar-refractivity contribution in [1.82, 2.24) is 19.6 Å². The van der Waals surface area contributed by atoms with Crippen LogP contribution < -0.4 is 0 Å². The molecule has 8 nitrogen and oxygen atoms in total. The van der Waals surface area contributed by atoms with Gasteiger partial charge in [0, 0.05) is 53.2 Å². The molecule has 2 aliphatic heterocycles. The molecule has 0 aliphatic carbocycles. The topological polar surface area (TPSA) is 69.1 Å². The number of amides is 1. The summed E-state index contributed by atoms with van der Waals surface area (Å²) in [5.74, 6) is 0.323. The van der Waals surface area contributed by atoms with E-state index in [4.69, 9.17) is 14.2 Å². The molecule has 0 saturated carbocycles. The van der Waals surface area contributed by atoms with Crippen molar-refractivity contribution in [2.24, 2.45) is 5.92 Å². The van der Waals surface area contributed by atoms with Crippen LogP contribution in [0.2, 0.25) is 0 Å². The molecule has 4 atom stereocenters. The predicted molar refractivity (Wildman–Crippen MR) is 100 cm³/mol. The number of methoxy groups -OCH3 is 2. The third kappa shape index (κ3) is 4.34. The van der Waals surface area contributed by atoms with Crippen molar-refractivity contribution >= 4 is 5.91 Å². The molecular formula is C19H32N4O4. The van der Waals surface area contributed by atoms with Gasteiger partial charge in [-0.05, 0) is 20.0 Å². The average Bonchev–Trinajstić information content (AvgIpc) is 3.18. The average molecular weight is 380 g/mol. The first-order valence-corrected chi connectivity index (χ1v) is 9.57. The lowest BCUT2D eigenvalue weighted by atomic mass is 9.95. The number of carbonyl (C=O) groups is 1. The number of aryl methyl sites for hydroxylation is 1. The van der Waals surface area contributed by atoms with Crippen LogP contribution in [0.1, 0.15) is 18.3 Å². The van der Waals surface area contributed by atoms with Crippen molar-refractivity contribution in [3.05, 3.63) is 17.5 Å². The summed E-state index contributed by atoms with van der Waals surface area (Å²) in [6, 6.07) is 2.19. The summed E-state index contributed by atoms with van der Waals surface area (Å²) in [4.78, 5) is 16.0. The number of piperazine rings is 1. The number of aromatic nitrogens is 2. The summed E-state index contributed by atoms with van der Waals surface area (Å²) in [5, 5.41) is 4.61. The lowest BCUT2D eigenvalue weighted by Crippen LogP contribution is -2.59. The normalized spacial score (nSPS) is 29.4. The maximum absolute atomic E-state index is 11.8. The van der Waals surface area contributed by atoms with Crippen molar-refractivity contribution in [2.75, 3.05) is 47.5 Å². The largest absolute Gasteiger partial charge is 0.378 e. The van der Waals surface area contributed by atoms with E-state index in [9.17, 15) is 4.79 Å². The molecule has 3 heterocycles. The molecule has 0 bridgehead atoms. The summed E-state index contributed by atoms with van der Waals surface area (Å²) in [6.07, 6.45) is -0.0982. The van der Waals surface area contributed by atoms with Crippen molar-refractivity contribution in [3.63, 3.8) is 0 Å². The molecular weight excluding hydrogens is 348 g/mol. The highest BCUT2D eigenvalue weighted by Crippen LogP contribution is 2.30. The van der Waals surface area contributed by atoms with Crippen LogP contribution in [0, 0.1) is 12.8 Å². The number of hydrogen-bond acceptors (Lipinski definition) is 6. The number of ether oxygens (including phenoxy) is 3. The van der Waals surface area contributed by atoms with Crippen LogP contribution in [-0.2, 0) is 32.2 Å². The molecule has 0 spiro atoms.